The molecule has 0 fully saturated rings. The number of carbonyl (C=O) groups is 1. The number of nitrogens with zero attached hydrogens (tertiary/aromatic N) is 1. The van der Waals surface area contributed by atoms with Gasteiger partial charge in [-0.25, -0.2) is 4.79 Å². The molecular weight excluding hydrogens is 220 g/mol. The Morgan fingerprint density at radius 1 is 1.53 bits per heavy atom. The lowest BCUT2D eigenvalue weighted by atomic mass is 10.1. The molecule has 1 unspecified atom stereocenters. The zero-order valence-corrected chi connectivity index (χ0v) is 10.1. The molecule has 5 nitrogen and oxygen atoms in total. The Balaban J connectivity index is 3.00. The number of aliphatic hydroxyl groups excluding tert-OH is 1. The first-order valence-corrected chi connectivity index (χ1v) is 5.40. The fraction of sp³-hybridized carbons (Fsp3) is 0.417. The van der Waals surface area contributed by atoms with Crippen molar-refractivity contribution in [3.05, 3.63) is 23.8 Å². The van der Waals surface area contributed by atoms with Crippen LogP contribution in [0, 0.1) is 5.92 Å². The van der Waals surface area contributed by atoms with Crippen molar-refractivity contribution in [2.45, 2.75) is 6.92 Å². The monoisotopic (exact) mass is 238 g/mol. The molecule has 4 N–H and O–H groups in total. The zero-order valence-electron chi connectivity index (χ0n) is 10.1. The van der Waals surface area contributed by atoms with Crippen molar-refractivity contribution >= 4 is 17.3 Å². The highest BCUT2D eigenvalue weighted by molar-refractivity contribution is 5.95. The van der Waals surface area contributed by atoms with Gasteiger partial charge in [0, 0.05) is 25.9 Å². The molecule has 0 saturated heterocycles. The van der Waals surface area contributed by atoms with Crippen molar-refractivity contribution in [2.24, 2.45) is 5.92 Å². The maximum absolute atomic E-state index is 11.1. The fourth-order valence-corrected chi connectivity index (χ4v) is 1.68. The second-order valence-corrected chi connectivity index (χ2v) is 4.25. The molecule has 0 bridgehead atoms. The summed E-state index contributed by atoms with van der Waals surface area (Å²) in [5.74, 6) is -0.921. The van der Waals surface area contributed by atoms with Crippen molar-refractivity contribution in [3.63, 3.8) is 0 Å². The van der Waals surface area contributed by atoms with Crippen LogP contribution in [0.2, 0.25) is 0 Å². The minimum atomic E-state index is -1.00. The number of carboxylic acid groups (broad SMARTS) is 1. The smallest absolute Gasteiger partial charge is 0.337 e. The van der Waals surface area contributed by atoms with Gasteiger partial charge in [0.2, 0.25) is 0 Å². The molecule has 0 aliphatic carbocycles. The average Bonchev–Trinajstić information content (AvgIpc) is 2.28. The van der Waals surface area contributed by atoms with Gasteiger partial charge in [-0.3, -0.25) is 0 Å². The summed E-state index contributed by atoms with van der Waals surface area (Å²) in [5.41, 5.74) is 6.78. The Hall–Kier alpha value is -1.75. The van der Waals surface area contributed by atoms with Crippen molar-refractivity contribution in [1.82, 2.24) is 0 Å². The van der Waals surface area contributed by atoms with Crippen LogP contribution in [0.3, 0.4) is 0 Å². The van der Waals surface area contributed by atoms with E-state index >= 15 is 0 Å². The highest BCUT2D eigenvalue weighted by Gasteiger charge is 2.15. The van der Waals surface area contributed by atoms with Crippen molar-refractivity contribution in [1.29, 1.82) is 0 Å². The molecule has 0 aliphatic rings. The largest absolute Gasteiger partial charge is 0.478 e. The number of anilines is 2. The molecule has 1 aromatic rings. The molecule has 1 atom stereocenters. The van der Waals surface area contributed by atoms with Gasteiger partial charge in [-0.15, -0.1) is 0 Å². The van der Waals surface area contributed by atoms with Gasteiger partial charge in [0.25, 0.3) is 0 Å². The minimum Gasteiger partial charge on any atom is -0.478 e. The van der Waals surface area contributed by atoms with Gasteiger partial charge in [-0.2, -0.15) is 0 Å². The zero-order chi connectivity index (χ0) is 13.0. The fourth-order valence-electron chi connectivity index (χ4n) is 1.68. The number of aromatic carboxylic acids is 1. The summed E-state index contributed by atoms with van der Waals surface area (Å²) in [5, 5.41) is 18.1. The summed E-state index contributed by atoms with van der Waals surface area (Å²) in [6.45, 7) is 2.55. The predicted octanol–water partition coefficient (Wildman–Crippen LogP) is 1.03. The van der Waals surface area contributed by atoms with Crippen LogP contribution in [-0.2, 0) is 0 Å². The highest BCUT2D eigenvalue weighted by Crippen LogP contribution is 2.23. The van der Waals surface area contributed by atoms with Crippen LogP contribution in [0.1, 0.15) is 17.3 Å². The van der Waals surface area contributed by atoms with Crippen molar-refractivity contribution in [3.8, 4) is 0 Å². The number of rotatable bonds is 5. The number of nitrogens with two attached hydrogens (primary N) is 1. The van der Waals surface area contributed by atoms with E-state index in [0.717, 1.165) is 0 Å². The molecule has 1 aromatic carbocycles. The van der Waals surface area contributed by atoms with E-state index in [-0.39, 0.29) is 18.1 Å². The molecular formula is C12H18N2O3. The molecule has 1 rings (SSSR count). The molecule has 94 valence electrons. The van der Waals surface area contributed by atoms with E-state index < -0.39 is 5.97 Å². The van der Waals surface area contributed by atoms with E-state index in [4.69, 9.17) is 15.9 Å². The molecule has 0 aromatic heterocycles. The number of aliphatic hydroxyl groups is 1. The van der Waals surface area contributed by atoms with Crippen LogP contribution >= 0.6 is 0 Å². The third-order valence-electron chi connectivity index (χ3n) is 2.56. The van der Waals surface area contributed by atoms with Crippen LogP contribution in [-0.4, -0.2) is 36.4 Å². The van der Waals surface area contributed by atoms with Gasteiger partial charge in [0.15, 0.2) is 0 Å². The van der Waals surface area contributed by atoms with Crippen molar-refractivity contribution in [2.75, 3.05) is 30.8 Å². The topological polar surface area (TPSA) is 86.8 Å². The molecule has 17 heavy (non-hydrogen) atoms. The number of hydrogen-bond donors (Lipinski definition) is 3. The molecule has 0 saturated carbocycles. The SMILES string of the molecule is CC(CO)CN(C)c1ccc(N)cc1C(=O)O. The second-order valence-electron chi connectivity index (χ2n) is 4.25. The number of nitrogen functional groups attached to an aromatic ring is 1. The summed E-state index contributed by atoms with van der Waals surface area (Å²) in [7, 11) is 1.80. The first-order chi connectivity index (χ1) is 7.95. The summed E-state index contributed by atoms with van der Waals surface area (Å²) in [4.78, 5) is 12.9. The van der Waals surface area contributed by atoms with Crippen LogP contribution in [0.4, 0.5) is 11.4 Å². The lowest BCUT2D eigenvalue weighted by Crippen LogP contribution is -2.27. The second kappa shape index (κ2) is 5.54. The van der Waals surface area contributed by atoms with Gasteiger partial charge in [0.1, 0.15) is 0 Å². The first-order valence-electron chi connectivity index (χ1n) is 5.40. The lowest BCUT2D eigenvalue weighted by Gasteiger charge is -2.24. The number of benzene rings is 1. The van der Waals surface area contributed by atoms with E-state index in [9.17, 15) is 4.79 Å². The van der Waals surface area contributed by atoms with Gasteiger partial charge in [-0.1, -0.05) is 6.92 Å². The number of carboxylic acids is 1. The van der Waals surface area contributed by atoms with Gasteiger partial charge in [-0.05, 0) is 24.1 Å². The summed E-state index contributed by atoms with van der Waals surface area (Å²) >= 11 is 0. The maximum atomic E-state index is 11.1. The molecule has 0 aliphatic heterocycles. The molecule has 0 amide bonds. The highest BCUT2D eigenvalue weighted by atomic mass is 16.4. The van der Waals surface area contributed by atoms with Crippen molar-refractivity contribution < 1.29 is 15.0 Å². The van der Waals surface area contributed by atoms with E-state index in [1.54, 1.807) is 19.2 Å². The standard InChI is InChI=1S/C12H18N2O3/c1-8(7-15)6-14(2)11-4-3-9(13)5-10(11)12(16)17/h3-5,8,15H,6-7,13H2,1-2H3,(H,16,17). The summed E-state index contributed by atoms with van der Waals surface area (Å²) in [6, 6.07) is 4.79. The minimum absolute atomic E-state index is 0.0711. The van der Waals surface area contributed by atoms with Gasteiger partial charge >= 0.3 is 5.97 Å². The Morgan fingerprint density at radius 2 is 2.18 bits per heavy atom. The lowest BCUT2D eigenvalue weighted by molar-refractivity contribution is 0.0697. The predicted molar refractivity (Wildman–Crippen MR) is 67.3 cm³/mol. The van der Waals surface area contributed by atoms with Gasteiger partial charge < -0.3 is 20.8 Å². The van der Waals surface area contributed by atoms with Crippen LogP contribution < -0.4 is 10.6 Å². The Kier molecular flexibility index (Phi) is 4.34. The number of hydrogen-bond acceptors (Lipinski definition) is 4. The molecule has 0 radical (unpaired) electrons. The van der Waals surface area contributed by atoms with E-state index in [2.05, 4.69) is 0 Å². The third-order valence-corrected chi connectivity index (χ3v) is 2.56. The van der Waals surface area contributed by atoms with Crippen LogP contribution in [0.25, 0.3) is 0 Å². The summed E-state index contributed by atoms with van der Waals surface area (Å²) in [6.07, 6.45) is 0. The quantitative estimate of drug-likeness (QED) is 0.667. The third kappa shape index (κ3) is 3.35. The van der Waals surface area contributed by atoms with Gasteiger partial charge in [0.05, 0.1) is 11.3 Å². The maximum Gasteiger partial charge on any atom is 0.337 e. The Bertz CT molecular complexity index is 407. The molecule has 0 spiro atoms. The first kappa shape index (κ1) is 13.3. The summed E-state index contributed by atoms with van der Waals surface area (Å²) < 4.78 is 0. The van der Waals surface area contributed by atoms with Crippen LogP contribution in [0.5, 0.6) is 0 Å². The average molecular weight is 238 g/mol. The normalized spacial score (nSPS) is 12.2. The van der Waals surface area contributed by atoms with E-state index in [1.807, 2.05) is 11.8 Å². The molecule has 0 heterocycles. The van der Waals surface area contributed by atoms with E-state index in [0.29, 0.717) is 17.9 Å². The Morgan fingerprint density at radius 3 is 2.71 bits per heavy atom. The Labute approximate surface area is 100 Å². The van der Waals surface area contributed by atoms with Crippen LogP contribution in [0.15, 0.2) is 18.2 Å². The molecule has 5 heteroatoms. The van der Waals surface area contributed by atoms with E-state index in [1.165, 1.54) is 6.07 Å².